The zero-order valence-electron chi connectivity index (χ0n) is 8.10. The molecule has 0 saturated carbocycles. The topological polar surface area (TPSA) is 35.2 Å². The van der Waals surface area contributed by atoms with Gasteiger partial charge in [-0.3, -0.25) is 0 Å². The maximum Gasteiger partial charge on any atom is 0.0689 e. The van der Waals surface area contributed by atoms with Gasteiger partial charge in [-0.2, -0.15) is 0 Å². The molecule has 0 radical (unpaired) electrons. The van der Waals surface area contributed by atoms with Crippen LogP contribution in [0.15, 0.2) is 11.6 Å². The third-order valence-corrected chi connectivity index (χ3v) is 2.63. The van der Waals surface area contributed by atoms with Gasteiger partial charge in [0.05, 0.1) is 12.2 Å². The molecule has 1 unspecified atom stereocenters. The molecular formula is C10H19NO. The van der Waals surface area contributed by atoms with E-state index in [1.165, 1.54) is 5.57 Å². The summed E-state index contributed by atoms with van der Waals surface area (Å²) in [6.07, 6.45) is 5.33. The molecule has 1 atom stereocenters. The molecule has 2 nitrogen and oxygen atoms in total. The van der Waals surface area contributed by atoms with Gasteiger partial charge in [-0.15, -0.1) is 0 Å². The van der Waals surface area contributed by atoms with Crippen LogP contribution in [0.2, 0.25) is 0 Å². The molecule has 1 saturated heterocycles. The summed E-state index contributed by atoms with van der Waals surface area (Å²) in [6.45, 7) is 5.87. The van der Waals surface area contributed by atoms with E-state index in [1.807, 2.05) is 0 Å². The first-order chi connectivity index (χ1) is 5.70. The van der Waals surface area contributed by atoms with Gasteiger partial charge in [0.2, 0.25) is 0 Å². The Kier molecular flexibility index (Phi) is 3.29. The number of ether oxygens (including phenoxy) is 1. The van der Waals surface area contributed by atoms with Gasteiger partial charge in [-0.1, -0.05) is 18.6 Å². The zero-order chi connectivity index (χ0) is 9.03. The monoisotopic (exact) mass is 169 g/mol. The van der Waals surface area contributed by atoms with Crippen LogP contribution in [0.25, 0.3) is 0 Å². The molecule has 0 bridgehead atoms. The minimum atomic E-state index is 0.0687. The van der Waals surface area contributed by atoms with Crippen molar-refractivity contribution < 1.29 is 4.74 Å². The van der Waals surface area contributed by atoms with Crippen molar-refractivity contribution in [3.05, 3.63) is 11.6 Å². The minimum Gasteiger partial charge on any atom is -0.375 e. The van der Waals surface area contributed by atoms with E-state index in [1.54, 1.807) is 0 Å². The lowest BCUT2D eigenvalue weighted by Crippen LogP contribution is -2.33. The predicted molar refractivity (Wildman–Crippen MR) is 51.0 cm³/mol. The van der Waals surface area contributed by atoms with Crippen molar-refractivity contribution in [1.29, 1.82) is 0 Å². The fourth-order valence-corrected chi connectivity index (χ4v) is 1.62. The van der Waals surface area contributed by atoms with Gasteiger partial charge in [0, 0.05) is 6.54 Å². The summed E-state index contributed by atoms with van der Waals surface area (Å²) in [5.41, 5.74) is 7.01. The molecule has 0 aromatic heterocycles. The third kappa shape index (κ3) is 2.32. The van der Waals surface area contributed by atoms with E-state index in [0.717, 1.165) is 25.9 Å². The molecule has 1 aliphatic heterocycles. The lowest BCUT2D eigenvalue weighted by atomic mass is 9.89. The highest BCUT2D eigenvalue weighted by Gasteiger charge is 2.27. The van der Waals surface area contributed by atoms with E-state index in [4.69, 9.17) is 10.5 Å². The van der Waals surface area contributed by atoms with Gasteiger partial charge in [0.25, 0.3) is 0 Å². The first-order valence-electron chi connectivity index (χ1n) is 4.72. The molecule has 2 N–H and O–H groups in total. The van der Waals surface area contributed by atoms with Crippen molar-refractivity contribution in [2.45, 2.75) is 38.7 Å². The van der Waals surface area contributed by atoms with Crippen LogP contribution in [0, 0.1) is 0 Å². The second-order valence-electron chi connectivity index (χ2n) is 3.68. The highest BCUT2D eigenvalue weighted by molar-refractivity contribution is 5.09. The summed E-state index contributed by atoms with van der Waals surface area (Å²) in [7, 11) is 0. The molecular weight excluding hydrogens is 150 g/mol. The minimum absolute atomic E-state index is 0.0687. The Morgan fingerprint density at radius 2 is 2.42 bits per heavy atom. The van der Waals surface area contributed by atoms with Crippen molar-refractivity contribution in [3.8, 4) is 0 Å². The second kappa shape index (κ2) is 4.06. The SMILES string of the molecule is CCC1(C)CC(=CCN)CCO1. The molecule has 12 heavy (non-hydrogen) atoms. The van der Waals surface area contributed by atoms with Crippen LogP contribution in [-0.4, -0.2) is 18.8 Å². The fraction of sp³-hybridized carbons (Fsp3) is 0.800. The van der Waals surface area contributed by atoms with Crippen LogP contribution in [0.4, 0.5) is 0 Å². The van der Waals surface area contributed by atoms with Gasteiger partial charge in [-0.25, -0.2) is 0 Å². The Morgan fingerprint density at radius 1 is 1.67 bits per heavy atom. The van der Waals surface area contributed by atoms with E-state index >= 15 is 0 Å². The normalized spacial score (nSPS) is 34.1. The van der Waals surface area contributed by atoms with E-state index in [-0.39, 0.29) is 5.60 Å². The second-order valence-corrected chi connectivity index (χ2v) is 3.68. The first-order valence-corrected chi connectivity index (χ1v) is 4.72. The van der Waals surface area contributed by atoms with Crippen molar-refractivity contribution in [3.63, 3.8) is 0 Å². The van der Waals surface area contributed by atoms with E-state index in [2.05, 4.69) is 19.9 Å². The Hall–Kier alpha value is -0.340. The predicted octanol–water partition coefficient (Wildman–Crippen LogP) is 1.85. The summed E-state index contributed by atoms with van der Waals surface area (Å²) in [5.74, 6) is 0. The Bertz CT molecular complexity index is 177. The average molecular weight is 169 g/mol. The smallest absolute Gasteiger partial charge is 0.0689 e. The van der Waals surface area contributed by atoms with Crippen LogP contribution in [0.5, 0.6) is 0 Å². The van der Waals surface area contributed by atoms with Crippen molar-refractivity contribution >= 4 is 0 Å². The summed E-state index contributed by atoms with van der Waals surface area (Å²) >= 11 is 0. The average Bonchev–Trinajstić information content (AvgIpc) is 2.05. The maximum atomic E-state index is 5.71. The molecule has 0 amide bonds. The van der Waals surface area contributed by atoms with E-state index < -0.39 is 0 Å². The fourth-order valence-electron chi connectivity index (χ4n) is 1.62. The molecule has 1 fully saturated rings. The van der Waals surface area contributed by atoms with Crippen LogP contribution in [0.3, 0.4) is 0 Å². The highest BCUT2D eigenvalue weighted by Crippen LogP contribution is 2.30. The standard InChI is InChI=1S/C10H19NO/c1-3-10(2)8-9(4-6-11)5-7-12-10/h4H,3,5-8,11H2,1-2H3. The highest BCUT2D eigenvalue weighted by atomic mass is 16.5. The van der Waals surface area contributed by atoms with Gasteiger partial charge < -0.3 is 10.5 Å². The number of hydrogen-bond acceptors (Lipinski definition) is 2. The summed E-state index contributed by atoms with van der Waals surface area (Å²) < 4.78 is 5.71. The third-order valence-electron chi connectivity index (χ3n) is 2.63. The van der Waals surface area contributed by atoms with Gasteiger partial charge in [0.15, 0.2) is 0 Å². The van der Waals surface area contributed by atoms with E-state index in [0.29, 0.717) is 6.54 Å². The van der Waals surface area contributed by atoms with Crippen molar-refractivity contribution in [2.24, 2.45) is 5.73 Å². The molecule has 2 heteroatoms. The largest absolute Gasteiger partial charge is 0.375 e. The van der Waals surface area contributed by atoms with E-state index in [9.17, 15) is 0 Å². The maximum absolute atomic E-state index is 5.71. The molecule has 0 aromatic carbocycles. The molecule has 1 heterocycles. The Morgan fingerprint density at radius 3 is 3.00 bits per heavy atom. The zero-order valence-corrected chi connectivity index (χ0v) is 8.10. The molecule has 70 valence electrons. The quantitative estimate of drug-likeness (QED) is 0.640. The summed E-state index contributed by atoms with van der Waals surface area (Å²) in [5, 5.41) is 0. The molecule has 1 aliphatic rings. The van der Waals surface area contributed by atoms with Crippen molar-refractivity contribution in [2.75, 3.05) is 13.2 Å². The summed E-state index contributed by atoms with van der Waals surface area (Å²) in [6, 6.07) is 0. The van der Waals surface area contributed by atoms with Crippen LogP contribution in [-0.2, 0) is 4.74 Å². The molecule has 1 rings (SSSR count). The van der Waals surface area contributed by atoms with Crippen LogP contribution >= 0.6 is 0 Å². The van der Waals surface area contributed by atoms with Gasteiger partial charge in [-0.05, 0) is 26.2 Å². The Balaban J connectivity index is 2.57. The molecule has 0 aliphatic carbocycles. The molecule has 0 aromatic rings. The van der Waals surface area contributed by atoms with Crippen LogP contribution < -0.4 is 5.73 Å². The number of nitrogens with two attached hydrogens (primary N) is 1. The molecule has 0 spiro atoms. The van der Waals surface area contributed by atoms with Gasteiger partial charge in [0.1, 0.15) is 0 Å². The van der Waals surface area contributed by atoms with Crippen LogP contribution in [0.1, 0.15) is 33.1 Å². The van der Waals surface area contributed by atoms with Crippen molar-refractivity contribution in [1.82, 2.24) is 0 Å². The summed E-state index contributed by atoms with van der Waals surface area (Å²) in [4.78, 5) is 0. The number of hydrogen-bond donors (Lipinski definition) is 1. The van der Waals surface area contributed by atoms with Gasteiger partial charge >= 0.3 is 0 Å². The first kappa shape index (κ1) is 9.75. The Labute approximate surface area is 74.8 Å². The lowest BCUT2D eigenvalue weighted by molar-refractivity contribution is -0.0498. The lowest BCUT2D eigenvalue weighted by Gasteiger charge is -2.34. The number of rotatable bonds is 2.